The minimum atomic E-state index is -0.0590. The second kappa shape index (κ2) is 9.21. The lowest BCUT2D eigenvalue weighted by molar-refractivity contribution is -0.119. The van der Waals surface area contributed by atoms with Crippen molar-refractivity contribution < 1.29 is 9.21 Å². The molecule has 1 aromatic heterocycles. The molecule has 1 heterocycles. The SMILES string of the molecule is CC(=O)NCc1cccc(-c2coc(NC(N)=NCC3CCCCC3)n2)c1. The van der Waals surface area contributed by atoms with Crippen LogP contribution in [0.15, 0.2) is 39.9 Å². The van der Waals surface area contributed by atoms with Crippen molar-refractivity contribution in [1.29, 1.82) is 0 Å². The average molecular weight is 369 g/mol. The molecule has 27 heavy (non-hydrogen) atoms. The summed E-state index contributed by atoms with van der Waals surface area (Å²) in [4.78, 5) is 19.9. The summed E-state index contributed by atoms with van der Waals surface area (Å²) in [5.41, 5.74) is 8.56. The number of nitrogens with two attached hydrogens (primary N) is 1. The molecular formula is C20H27N5O2. The highest BCUT2D eigenvalue weighted by Crippen LogP contribution is 2.24. The fraction of sp³-hybridized carbons (Fsp3) is 0.450. The Kier molecular flexibility index (Phi) is 6.46. The van der Waals surface area contributed by atoms with Crippen molar-refractivity contribution in [1.82, 2.24) is 10.3 Å². The first kappa shape index (κ1) is 18.9. The van der Waals surface area contributed by atoms with Crippen molar-refractivity contribution in [3.05, 3.63) is 36.1 Å². The van der Waals surface area contributed by atoms with E-state index in [1.54, 1.807) is 6.26 Å². The van der Waals surface area contributed by atoms with E-state index in [9.17, 15) is 4.79 Å². The number of nitrogens with zero attached hydrogens (tertiary/aromatic N) is 2. The Labute approximate surface area is 159 Å². The molecule has 1 fully saturated rings. The van der Waals surface area contributed by atoms with Gasteiger partial charge in [-0.05, 0) is 30.4 Å². The Bertz CT molecular complexity index is 793. The first-order chi connectivity index (χ1) is 13.1. The van der Waals surface area contributed by atoms with Crippen LogP contribution in [0.4, 0.5) is 6.01 Å². The van der Waals surface area contributed by atoms with Crippen LogP contribution in [0.3, 0.4) is 0 Å². The lowest BCUT2D eigenvalue weighted by atomic mass is 9.89. The standard InChI is InChI=1S/C20H27N5O2/c1-14(26)22-12-16-8-5-9-17(10-16)18-13-27-20(24-18)25-19(21)23-11-15-6-3-2-4-7-15/h5,8-10,13,15H,2-4,6-7,11-12H2,1H3,(H,22,26)(H3,21,23,24,25). The first-order valence-corrected chi connectivity index (χ1v) is 9.46. The van der Waals surface area contributed by atoms with Gasteiger partial charge in [-0.2, -0.15) is 4.98 Å². The molecule has 0 aliphatic heterocycles. The highest BCUT2D eigenvalue weighted by molar-refractivity contribution is 5.90. The van der Waals surface area contributed by atoms with Crippen molar-refractivity contribution in [3.8, 4) is 11.3 Å². The molecule has 2 aromatic rings. The summed E-state index contributed by atoms with van der Waals surface area (Å²) in [6.07, 6.45) is 7.95. The monoisotopic (exact) mass is 369 g/mol. The molecule has 1 amide bonds. The lowest BCUT2D eigenvalue weighted by Crippen LogP contribution is -2.24. The molecule has 0 radical (unpaired) electrons. The van der Waals surface area contributed by atoms with Crippen LogP contribution in [-0.4, -0.2) is 23.4 Å². The molecule has 1 aromatic carbocycles. The number of guanidine groups is 1. The van der Waals surface area contributed by atoms with Crippen molar-refractivity contribution in [2.45, 2.75) is 45.6 Å². The predicted molar refractivity (Wildman–Crippen MR) is 106 cm³/mol. The van der Waals surface area contributed by atoms with Crippen LogP contribution in [0, 0.1) is 5.92 Å². The van der Waals surface area contributed by atoms with Gasteiger partial charge < -0.3 is 15.5 Å². The number of benzene rings is 1. The molecule has 1 saturated carbocycles. The number of hydrogen-bond acceptors (Lipinski definition) is 4. The first-order valence-electron chi connectivity index (χ1n) is 9.46. The summed E-state index contributed by atoms with van der Waals surface area (Å²) in [7, 11) is 0. The van der Waals surface area contributed by atoms with Gasteiger partial charge in [0.2, 0.25) is 5.91 Å². The summed E-state index contributed by atoms with van der Waals surface area (Å²) >= 11 is 0. The molecule has 0 atom stereocenters. The number of oxazole rings is 1. The quantitative estimate of drug-likeness (QED) is 0.535. The number of nitrogens with one attached hydrogen (secondary N) is 2. The maximum absolute atomic E-state index is 11.1. The Hall–Kier alpha value is -2.83. The number of amides is 1. The largest absolute Gasteiger partial charge is 0.431 e. The molecule has 1 aliphatic rings. The van der Waals surface area contributed by atoms with E-state index in [1.165, 1.54) is 39.0 Å². The Morgan fingerprint density at radius 1 is 1.33 bits per heavy atom. The Morgan fingerprint density at radius 2 is 2.15 bits per heavy atom. The van der Waals surface area contributed by atoms with E-state index >= 15 is 0 Å². The summed E-state index contributed by atoms with van der Waals surface area (Å²) in [5, 5.41) is 5.70. The number of carbonyl (C=O) groups is 1. The van der Waals surface area contributed by atoms with Crippen LogP contribution < -0.4 is 16.4 Å². The third kappa shape index (κ3) is 5.84. The molecule has 1 aliphatic carbocycles. The van der Waals surface area contributed by atoms with Crippen LogP contribution >= 0.6 is 0 Å². The van der Waals surface area contributed by atoms with Gasteiger partial charge in [0.15, 0.2) is 5.96 Å². The Morgan fingerprint density at radius 3 is 2.93 bits per heavy atom. The van der Waals surface area contributed by atoms with Crippen molar-refractivity contribution in [2.75, 3.05) is 11.9 Å². The van der Waals surface area contributed by atoms with Crippen LogP contribution in [0.2, 0.25) is 0 Å². The summed E-state index contributed by atoms with van der Waals surface area (Å²) < 4.78 is 5.47. The van der Waals surface area contributed by atoms with E-state index in [1.807, 2.05) is 24.3 Å². The second-order valence-corrected chi connectivity index (χ2v) is 7.00. The third-order valence-corrected chi connectivity index (χ3v) is 4.75. The smallest absolute Gasteiger partial charge is 0.302 e. The minimum Gasteiger partial charge on any atom is -0.431 e. The van der Waals surface area contributed by atoms with Gasteiger partial charge in [-0.3, -0.25) is 15.1 Å². The maximum atomic E-state index is 11.1. The second-order valence-electron chi connectivity index (χ2n) is 7.00. The van der Waals surface area contributed by atoms with E-state index in [2.05, 4.69) is 20.6 Å². The van der Waals surface area contributed by atoms with Crippen LogP contribution in [0.25, 0.3) is 11.3 Å². The third-order valence-electron chi connectivity index (χ3n) is 4.75. The van der Waals surface area contributed by atoms with Gasteiger partial charge >= 0.3 is 6.01 Å². The highest BCUT2D eigenvalue weighted by atomic mass is 16.4. The fourth-order valence-electron chi connectivity index (χ4n) is 3.28. The van der Waals surface area contributed by atoms with Gasteiger partial charge in [-0.1, -0.05) is 37.5 Å². The fourth-order valence-corrected chi connectivity index (χ4v) is 3.28. The summed E-state index contributed by atoms with van der Waals surface area (Å²) in [6, 6.07) is 8.11. The van der Waals surface area contributed by atoms with Gasteiger partial charge in [0.05, 0.1) is 0 Å². The number of hydrogen-bond donors (Lipinski definition) is 3. The van der Waals surface area contributed by atoms with Crippen molar-refractivity contribution in [3.63, 3.8) is 0 Å². The molecule has 0 spiro atoms. The van der Waals surface area contributed by atoms with E-state index in [0.717, 1.165) is 17.7 Å². The van der Waals surface area contributed by atoms with Crippen LogP contribution in [0.1, 0.15) is 44.6 Å². The molecule has 7 heteroatoms. The predicted octanol–water partition coefficient (Wildman–Crippen LogP) is 3.28. The number of anilines is 1. The molecule has 7 nitrogen and oxygen atoms in total. The molecular weight excluding hydrogens is 342 g/mol. The number of aliphatic imine (C=N–C) groups is 1. The molecule has 0 unspecified atom stereocenters. The highest BCUT2D eigenvalue weighted by Gasteiger charge is 2.13. The number of rotatable bonds is 6. The van der Waals surface area contributed by atoms with E-state index < -0.39 is 0 Å². The lowest BCUT2D eigenvalue weighted by Gasteiger charge is -2.19. The van der Waals surface area contributed by atoms with E-state index in [4.69, 9.17) is 10.2 Å². The molecule has 144 valence electrons. The van der Waals surface area contributed by atoms with E-state index in [0.29, 0.717) is 30.1 Å². The van der Waals surface area contributed by atoms with Gasteiger partial charge in [0.25, 0.3) is 0 Å². The Balaban J connectivity index is 1.59. The van der Waals surface area contributed by atoms with Crippen molar-refractivity contribution >= 4 is 17.9 Å². The molecule has 3 rings (SSSR count). The van der Waals surface area contributed by atoms with Crippen LogP contribution in [0.5, 0.6) is 0 Å². The average Bonchev–Trinajstić information content (AvgIpc) is 3.14. The zero-order chi connectivity index (χ0) is 19.1. The topological polar surface area (TPSA) is 106 Å². The molecule has 0 bridgehead atoms. The molecule has 4 N–H and O–H groups in total. The van der Waals surface area contributed by atoms with Gasteiger partial charge in [0.1, 0.15) is 12.0 Å². The zero-order valence-electron chi connectivity index (χ0n) is 15.7. The van der Waals surface area contributed by atoms with Crippen LogP contribution in [-0.2, 0) is 11.3 Å². The maximum Gasteiger partial charge on any atom is 0.302 e. The van der Waals surface area contributed by atoms with Gasteiger partial charge in [0, 0.05) is 25.6 Å². The van der Waals surface area contributed by atoms with Crippen molar-refractivity contribution in [2.24, 2.45) is 16.6 Å². The van der Waals surface area contributed by atoms with Gasteiger partial charge in [-0.25, -0.2) is 0 Å². The number of aromatic nitrogens is 1. The summed E-state index contributed by atoms with van der Waals surface area (Å²) in [5.74, 6) is 0.898. The van der Waals surface area contributed by atoms with E-state index in [-0.39, 0.29) is 5.91 Å². The zero-order valence-corrected chi connectivity index (χ0v) is 15.7. The molecule has 0 saturated heterocycles. The minimum absolute atomic E-state index is 0.0590. The number of carbonyl (C=O) groups excluding carboxylic acids is 1. The van der Waals surface area contributed by atoms with Gasteiger partial charge in [-0.15, -0.1) is 0 Å². The summed E-state index contributed by atoms with van der Waals surface area (Å²) in [6.45, 7) is 2.73. The normalized spacial score (nSPS) is 15.5.